The molecule has 0 aliphatic rings. The van der Waals surface area contributed by atoms with Gasteiger partial charge in [-0.05, 0) is 12.0 Å². The number of rotatable bonds is 10. The van der Waals surface area contributed by atoms with E-state index in [-0.39, 0.29) is 11.9 Å². The van der Waals surface area contributed by atoms with Crippen molar-refractivity contribution in [3.05, 3.63) is 35.9 Å². The number of benzene rings is 1. The van der Waals surface area contributed by atoms with Gasteiger partial charge in [0.1, 0.15) is 0 Å². The summed E-state index contributed by atoms with van der Waals surface area (Å²) in [6.45, 7) is 2.22. The van der Waals surface area contributed by atoms with E-state index < -0.39 is 0 Å². The normalized spacial score (nSPS) is 12.1. The topological polar surface area (TPSA) is 64.8 Å². The van der Waals surface area contributed by atoms with Gasteiger partial charge in [0.25, 0.3) is 0 Å². The van der Waals surface area contributed by atoms with Gasteiger partial charge in [-0.1, -0.05) is 30.3 Å². The van der Waals surface area contributed by atoms with E-state index in [1.165, 1.54) is 0 Å². The van der Waals surface area contributed by atoms with E-state index in [0.29, 0.717) is 39.1 Å². The van der Waals surface area contributed by atoms with Crippen molar-refractivity contribution in [1.29, 1.82) is 0 Å². The van der Waals surface area contributed by atoms with E-state index in [1.54, 1.807) is 19.1 Å². The molecule has 2 N–H and O–H groups in total. The largest absolute Gasteiger partial charge is 0.383 e. The third-order valence-corrected chi connectivity index (χ3v) is 3.38. The van der Waals surface area contributed by atoms with E-state index in [9.17, 15) is 4.79 Å². The van der Waals surface area contributed by atoms with Crippen molar-refractivity contribution in [3.8, 4) is 0 Å². The molecule has 1 unspecified atom stereocenters. The van der Waals surface area contributed by atoms with Gasteiger partial charge in [-0.25, -0.2) is 0 Å². The van der Waals surface area contributed by atoms with Crippen LogP contribution in [0, 0.1) is 0 Å². The first-order chi connectivity index (χ1) is 10.2. The van der Waals surface area contributed by atoms with E-state index in [4.69, 9.17) is 15.2 Å². The van der Waals surface area contributed by atoms with Gasteiger partial charge in [0.15, 0.2) is 0 Å². The second-order valence-electron chi connectivity index (χ2n) is 4.92. The number of carbonyl (C=O) groups is 1. The van der Waals surface area contributed by atoms with Gasteiger partial charge in [0.2, 0.25) is 5.91 Å². The van der Waals surface area contributed by atoms with Crippen LogP contribution in [0.3, 0.4) is 0 Å². The Hall–Kier alpha value is -1.43. The average Bonchev–Trinajstić information content (AvgIpc) is 2.53. The number of ether oxygens (including phenoxy) is 2. The van der Waals surface area contributed by atoms with Crippen molar-refractivity contribution in [2.75, 3.05) is 40.5 Å². The highest BCUT2D eigenvalue weighted by Gasteiger charge is 2.15. The third kappa shape index (κ3) is 6.71. The summed E-state index contributed by atoms with van der Waals surface area (Å²) in [6, 6.07) is 9.74. The minimum atomic E-state index is -0.109. The molecule has 0 saturated carbocycles. The van der Waals surface area contributed by atoms with E-state index >= 15 is 0 Å². The van der Waals surface area contributed by atoms with E-state index in [1.807, 2.05) is 30.3 Å². The molecule has 0 heterocycles. The summed E-state index contributed by atoms with van der Waals surface area (Å²) < 4.78 is 10.1. The SMILES string of the molecule is COCCN(CCOC)C(=O)CCC(N)c1ccccc1. The highest BCUT2D eigenvalue weighted by molar-refractivity contribution is 5.76. The van der Waals surface area contributed by atoms with E-state index in [2.05, 4.69) is 0 Å². The van der Waals surface area contributed by atoms with Crippen molar-refractivity contribution in [1.82, 2.24) is 4.90 Å². The molecule has 0 aliphatic heterocycles. The highest BCUT2D eigenvalue weighted by Crippen LogP contribution is 2.15. The van der Waals surface area contributed by atoms with Crippen LogP contribution in [-0.2, 0) is 14.3 Å². The van der Waals surface area contributed by atoms with Gasteiger partial charge in [-0.3, -0.25) is 4.79 Å². The number of hydrogen-bond acceptors (Lipinski definition) is 4. The minimum Gasteiger partial charge on any atom is -0.383 e. The van der Waals surface area contributed by atoms with Gasteiger partial charge in [-0.15, -0.1) is 0 Å². The van der Waals surface area contributed by atoms with Gasteiger partial charge in [0, 0.05) is 39.8 Å². The Morgan fingerprint density at radius 1 is 1.14 bits per heavy atom. The molecule has 0 spiro atoms. The Morgan fingerprint density at radius 3 is 2.24 bits per heavy atom. The molecule has 1 amide bonds. The molecular formula is C16H26N2O3. The smallest absolute Gasteiger partial charge is 0.222 e. The Balaban J connectivity index is 2.44. The van der Waals surface area contributed by atoms with Crippen LogP contribution in [0.4, 0.5) is 0 Å². The van der Waals surface area contributed by atoms with Crippen molar-refractivity contribution in [2.24, 2.45) is 5.73 Å². The molecule has 1 atom stereocenters. The Bertz CT molecular complexity index is 390. The van der Waals surface area contributed by atoms with Crippen molar-refractivity contribution in [2.45, 2.75) is 18.9 Å². The molecule has 0 aromatic heterocycles. The van der Waals surface area contributed by atoms with Crippen LogP contribution in [0.5, 0.6) is 0 Å². The molecule has 5 nitrogen and oxygen atoms in total. The maximum absolute atomic E-state index is 12.2. The van der Waals surface area contributed by atoms with Crippen LogP contribution in [-0.4, -0.2) is 51.3 Å². The van der Waals surface area contributed by atoms with Gasteiger partial charge >= 0.3 is 0 Å². The zero-order valence-corrected chi connectivity index (χ0v) is 13.0. The summed E-state index contributed by atoms with van der Waals surface area (Å²) >= 11 is 0. The molecule has 5 heteroatoms. The van der Waals surface area contributed by atoms with Crippen molar-refractivity contribution < 1.29 is 14.3 Å². The molecular weight excluding hydrogens is 268 g/mol. The lowest BCUT2D eigenvalue weighted by Crippen LogP contribution is -2.36. The maximum Gasteiger partial charge on any atom is 0.222 e. The predicted molar refractivity (Wildman–Crippen MR) is 82.9 cm³/mol. The molecule has 0 saturated heterocycles. The molecule has 0 fully saturated rings. The number of hydrogen-bond donors (Lipinski definition) is 1. The Labute approximate surface area is 127 Å². The van der Waals surface area contributed by atoms with Crippen LogP contribution >= 0.6 is 0 Å². The summed E-state index contributed by atoms with van der Waals surface area (Å²) in [5, 5.41) is 0. The quantitative estimate of drug-likeness (QED) is 0.711. The Kier molecular flexibility index (Phi) is 8.66. The summed E-state index contributed by atoms with van der Waals surface area (Å²) in [5.41, 5.74) is 7.18. The summed E-state index contributed by atoms with van der Waals surface area (Å²) in [7, 11) is 3.26. The van der Waals surface area contributed by atoms with Crippen LogP contribution in [0.25, 0.3) is 0 Å². The van der Waals surface area contributed by atoms with Crippen LogP contribution in [0.1, 0.15) is 24.4 Å². The highest BCUT2D eigenvalue weighted by atomic mass is 16.5. The maximum atomic E-state index is 12.2. The minimum absolute atomic E-state index is 0.0930. The van der Waals surface area contributed by atoms with Crippen LogP contribution in [0.2, 0.25) is 0 Å². The number of carbonyl (C=O) groups excluding carboxylic acids is 1. The first kappa shape index (κ1) is 17.6. The zero-order chi connectivity index (χ0) is 15.5. The molecule has 0 bridgehead atoms. The number of amides is 1. The summed E-state index contributed by atoms with van der Waals surface area (Å²) in [4.78, 5) is 14.0. The second kappa shape index (κ2) is 10.3. The van der Waals surface area contributed by atoms with Gasteiger partial charge < -0.3 is 20.1 Å². The first-order valence-electron chi connectivity index (χ1n) is 7.25. The molecule has 0 radical (unpaired) electrons. The van der Waals surface area contributed by atoms with Crippen molar-refractivity contribution in [3.63, 3.8) is 0 Å². The predicted octanol–water partition coefficient (Wildman–Crippen LogP) is 1.59. The van der Waals surface area contributed by atoms with E-state index in [0.717, 1.165) is 5.56 Å². The molecule has 1 aromatic rings. The lowest BCUT2D eigenvalue weighted by Gasteiger charge is -2.23. The lowest BCUT2D eigenvalue weighted by atomic mass is 10.0. The molecule has 0 aliphatic carbocycles. The van der Waals surface area contributed by atoms with Crippen LogP contribution < -0.4 is 5.73 Å². The van der Waals surface area contributed by atoms with Gasteiger partial charge in [-0.2, -0.15) is 0 Å². The third-order valence-electron chi connectivity index (χ3n) is 3.38. The monoisotopic (exact) mass is 294 g/mol. The zero-order valence-electron chi connectivity index (χ0n) is 13.0. The molecule has 118 valence electrons. The Morgan fingerprint density at radius 2 is 1.71 bits per heavy atom. The van der Waals surface area contributed by atoms with Crippen LogP contribution in [0.15, 0.2) is 30.3 Å². The average molecular weight is 294 g/mol. The molecule has 1 rings (SSSR count). The first-order valence-corrected chi connectivity index (χ1v) is 7.25. The van der Waals surface area contributed by atoms with Crippen molar-refractivity contribution >= 4 is 5.91 Å². The number of methoxy groups -OCH3 is 2. The number of nitrogens with zero attached hydrogens (tertiary/aromatic N) is 1. The fraction of sp³-hybridized carbons (Fsp3) is 0.562. The lowest BCUT2D eigenvalue weighted by molar-refractivity contribution is -0.132. The summed E-state index contributed by atoms with van der Waals surface area (Å²) in [5.74, 6) is 0.0930. The number of nitrogens with two attached hydrogens (primary N) is 1. The fourth-order valence-corrected chi connectivity index (χ4v) is 2.07. The molecule has 21 heavy (non-hydrogen) atoms. The standard InChI is InChI=1S/C16H26N2O3/c1-20-12-10-18(11-13-21-2)16(19)9-8-15(17)14-6-4-3-5-7-14/h3-7,15H,8-13,17H2,1-2H3. The van der Waals surface area contributed by atoms with Gasteiger partial charge in [0.05, 0.1) is 13.2 Å². The molecule has 1 aromatic carbocycles. The summed E-state index contributed by atoms with van der Waals surface area (Å²) in [6.07, 6.45) is 1.07. The fourth-order valence-electron chi connectivity index (χ4n) is 2.07. The second-order valence-corrected chi connectivity index (χ2v) is 4.92.